The fourth-order valence-corrected chi connectivity index (χ4v) is 2.25. The van der Waals surface area contributed by atoms with Gasteiger partial charge in [0.2, 0.25) is 10.0 Å². The van der Waals surface area contributed by atoms with Crippen molar-refractivity contribution in [1.29, 1.82) is 0 Å². The number of pyridine rings is 1. The summed E-state index contributed by atoms with van der Waals surface area (Å²) in [6.45, 7) is 0.168. The number of furan rings is 1. The van der Waals surface area contributed by atoms with Gasteiger partial charge in [0.1, 0.15) is 10.0 Å². The Morgan fingerprint density at radius 1 is 1.35 bits per heavy atom. The van der Waals surface area contributed by atoms with E-state index in [0.717, 1.165) is 5.56 Å². The molecule has 90 valence electrons. The van der Waals surface area contributed by atoms with Crippen LogP contribution in [0.5, 0.6) is 0 Å². The van der Waals surface area contributed by atoms with Crippen molar-refractivity contribution in [3.8, 4) is 0 Å². The van der Waals surface area contributed by atoms with E-state index >= 15 is 0 Å². The lowest BCUT2D eigenvalue weighted by Crippen LogP contribution is -2.23. The maximum Gasteiger partial charge on any atom is 0.242 e. The average Bonchev–Trinajstić information content (AvgIpc) is 2.80. The van der Waals surface area contributed by atoms with Crippen LogP contribution < -0.4 is 4.72 Å². The Hall–Kier alpha value is -1.37. The molecule has 0 bridgehead atoms. The summed E-state index contributed by atoms with van der Waals surface area (Å²) in [4.78, 5) is 3.79. The second-order valence-electron chi connectivity index (χ2n) is 3.27. The molecule has 0 aliphatic rings. The molecule has 0 saturated carbocycles. The standard InChI is InChI=1S/C10H9ClN2O3S/c11-10-2-1-9(6-12-10)17(14,15)13-5-8-3-4-16-7-8/h1-4,6-7,13H,5H2. The van der Waals surface area contributed by atoms with Crippen molar-refractivity contribution in [3.63, 3.8) is 0 Å². The highest BCUT2D eigenvalue weighted by Crippen LogP contribution is 2.11. The van der Waals surface area contributed by atoms with E-state index in [4.69, 9.17) is 16.0 Å². The minimum absolute atomic E-state index is 0.0744. The third kappa shape index (κ3) is 3.06. The minimum atomic E-state index is -3.57. The molecule has 0 radical (unpaired) electrons. The molecule has 0 atom stereocenters. The molecule has 2 aromatic rings. The molecule has 0 fully saturated rings. The van der Waals surface area contributed by atoms with E-state index in [2.05, 4.69) is 9.71 Å². The Balaban J connectivity index is 2.11. The van der Waals surface area contributed by atoms with E-state index in [1.54, 1.807) is 6.07 Å². The number of nitrogens with zero attached hydrogens (tertiary/aromatic N) is 1. The van der Waals surface area contributed by atoms with E-state index < -0.39 is 10.0 Å². The van der Waals surface area contributed by atoms with E-state index in [-0.39, 0.29) is 16.6 Å². The van der Waals surface area contributed by atoms with Crippen molar-refractivity contribution in [2.75, 3.05) is 0 Å². The zero-order chi connectivity index (χ0) is 12.3. The van der Waals surface area contributed by atoms with Crippen LogP contribution in [-0.2, 0) is 16.6 Å². The number of halogens is 1. The van der Waals surface area contributed by atoms with Crippen molar-refractivity contribution in [1.82, 2.24) is 9.71 Å². The molecular formula is C10H9ClN2O3S. The second-order valence-corrected chi connectivity index (χ2v) is 5.43. The zero-order valence-corrected chi connectivity index (χ0v) is 10.2. The molecule has 2 rings (SSSR count). The molecule has 0 amide bonds. The van der Waals surface area contributed by atoms with Crippen molar-refractivity contribution in [2.45, 2.75) is 11.4 Å². The monoisotopic (exact) mass is 272 g/mol. The summed E-state index contributed by atoms with van der Waals surface area (Å²) in [7, 11) is -3.57. The molecule has 1 N–H and O–H groups in total. The molecule has 2 heterocycles. The van der Waals surface area contributed by atoms with Gasteiger partial charge in [-0.1, -0.05) is 11.6 Å². The zero-order valence-electron chi connectivity index (χ0n) is 8.63. The molecule has 7 heteroatoms. The average molecular weight is 273 g/mol. The van der Waals surface area contributed by atoms with Gasteiger partial charge < -0.3 is 4.42 Å². The summed E-state index contributed by atoms with van der Waals surface area (Å²) in [6.07, 6.45) is 4.16. The first-order valence-corrected chi connectivity index (χ1v) is 6.56. The maximum absolute atomic E-state index is 11.8. The van der Waals surface area contributed by atoms with Gasteiger partial charge in [-0.05, 0) is 18.2 Å². The van der Waals surface area contributed by atoms with Crippen LogP contribution >= 0.6 is 11.6 Å². The van der Waals surface area contributed by atoms with Crippen LogP contribution in [0.15, 0.2) is 46.2 Å². The van der Waals surface area contributed by atoms with Crippen LogP contribution in [0.3, 0.4) is 0 Å². The number of hydrogen-bond donors (Lipinski definition) is 1. The highest BCUT2D eigenvalue weighted by Gasteiger charge is 2.14. The topological polar surface area (TPSA) is 72.2 Å². The Morgan fingerprint density at radius 3 is 2.76 bits per heavy atom. The van der Waals surface area contributed by atoms with Crippen molar-refractivity contribution < 1.29 is 12.8 Å². The van der Waals surface area contributed by atoms with E-state index in [1.165, 1.54) is 30.9 Å². The van der Waals surface area contributed by atoms with Crippen LogP contribution in [-0.4, -0.2) is 13.4 Å². The third-order valence-corrected chi connectivity index (χ3v) is 3.67. The number of sulfonamides is 1. The van der Waals surface area contributed by atoms with Crippen molar-refractivity contribution in [3.05, 3.63) is 47.6 Å². The van der Waals surface area contributed by atoms with Gasteiger partial charge in [-0.2, -0.15) is 0 Å². The van der Waals surface area contributed by atoms with Gasteiger partial charge in [0.15, 0.2) is 0 Å². The third-order valence-electron chi connectivity index (χ3n) is 2.06. The van der Waals surface area contributed by atoms with Gasteiger partial charge >= 0.3 is 0 Å². The number of nitrogens with one attached hydrogen (secondary N) is 1. The van der Waals surface area contributed by atoms with Crippen molar-refractivity contribution in [2.24, 2.45) is 0 Å². The Bertz CT molecular complexity index is 579. The first-order chi connectivity index (χ1) is 8.08. The second kappa shape index (κ2) is 4.87. The molecule has 2 aromatic heterocycles. The highest BCUT2D eigenvalue weighted by molar-refractivity contribution is 7.89. The van der Waals surface area contributed by atoms with Crippen LogP contribution in [0.2, 0.25) is 5.15 Å². The highest BCUT2D eigenvalue weighted by atomic mass is 35.5. The summed E-state index contributed by atoms with van der Waals surface area (Å²) in [5, 5.41) is 0.249. The van der Waals surface area contributed by atoms with Gasteiger partial charge in [0.25, 0.3) is 0 Å². The molecule has 0 spiro atoms. The van der Waals surface area contributed by atoms with E-state index in [0.29, 0.717) is 0 Å². The normalized spacial score (nSPS) is 11.6. The van der Waals surface area contributed by atoms with E-state index in [1.807, 2.05) is 0 Å². The summed E-state index contributed by atoms with van der Waals surface area (Å²) in [5.74, 6) is 0. The minimum Gasteiger partial charge on any atom is -0.472 e. The SMILES string of the molecule is O=S(=O)(NCc1ccoc1)c1ccc(Cl)nc1. The molecule has 0 unspecified atom stereocenters. The summed E-state index contributed by atoms with van der Waals surface area (Å²) in [5.41, 5.74) is 0.746. The van der Waals surface area contributed by atoms with Gasteiger partial charge in [-0.3, -0.25) is 0 Å². The number of rotatable bonds is 4. The van der Waals surface area contributed by atoms with Gasteiger partial charge in [-0.15, -0.1) is 0 Å². The predicted molar refractivity (Wildman–Crippen MR) is 62.0 cm³/mol. The fourth-order valence-electron chi connectivity index (χ4n) is 1.18. The van der Waals surface area contributed by atoms with Gasteiger partial charge in [0, 0.05) is 18.3 Å². The smallest absolute Gasteiger partial charge is 0.242 e. The van der Waals surface area contributed by atoms with Crippen LogP contribution in [0.1, 0.15) is 5.56 Å². The Kier molecular flexibility index (Phi) is 3.46. The lowest BCUT2D eigenvalue weighted by atomic mass is 10.4. The lowest BCUT2D eigenvalue weighted by molar-refractivity contribution is 0.561. The quantitative estimate of drug-likeness (QED) is 0.862. The fraction of sp³-hybridized carbons (Fsp3) is 0.100. The Labute approximate surface area is 103 Å². The molecule has 0 aliphatic carbocycles. The summed E-state index contributed by atoms with van der Waals surface area (Å²) < 4.78 is 30.9. The predicted octanol–water partition coefficient (Wildman–Crippen LogP) is 1.81. The molecule has 0 aliphatic heterocycles. The summed E-state index contributed by atoms with van der Waals surface area (Å²) >= 11 is 5.58. The molecular weight excluding hydrogens is 264 g/mol. The van der Waals surface area contributed by atoms with Crippen LogP contribution in [0.4, 0.5) is 0 Å². The molecule has 5 nitrogen and oxygen atoms in total. The lowest BCUT2D eigenvalue weighted by Gasteiger charge is -2.04. The van der Waals surface area contributed by atoms with Crippen LogP contribution in [0.25, 0.3) is 0 Å². The van der Waals surface area contributed by atoms with Gasteiger partial charge in [0.05, 0.1) is 12.5 Å². The first-order valence-electron chi connectivity index (χ1n) is 4.70. The Morgan fingerprint density at radius 2 is 2.18 bits per heavy atom. The maximum atomic E-state index is 11.8. The molecule has 17 heavy (non-hydrogen) atoms. The molecule has 0 aromatic carbocycles. The van der Waals surface area contributed by atoms with E-state index in [9.17, 15) is 8.42 Å². The van der Waals surface area contributed by atoms with Gasteiger partial charge in [-0.25, -0.2) is 18.1 Å². The number of aromatic nitrogens is 1. The van der Waals surface area contributed by atoms with Crippen LogP contribution in [0, 0.1) is 0 Å². The number of hydrogen-bond acceptors (Lipinski definition) is 4. The molecule has 0 saturated heterocycles. The summed E-state index contributed by atoms with van der Waals surface area (Å²) in [6, 6.07) is 4.50. The first kappa shape index (κ1) is 12.1. The van der Waals surface area contributed by atoms with Crippen molar-refractivity contribution >= 4 is 21.6 Å². The largest absolute Gasteiger partial charge is 0.472 e.